The normalized spacial score (nSPS) is 10.5. The number of ether oxygens (including phenoxy) is 5. The fourth-order valence-corrected chi connectivity index (χ4v) is 1.07. The quantitative estimate of drug-likeness (QED) is 0.445. The number of hydrogen-bond donors (Lipinski definition) is 0. The van der Waals surface area contributed by atoms with Crippen molar-refractivity contribution in [2.24, 2.45) is 0 Å². The van der Waals surface area contributed by atoms with E-state index in [-0.39, 0.29) is 0 Å². The summed E-state index contributed by atoms with van der Waals surface area (Å²) in [5, 5.41) is 0. The summed E-state index contributed by atoms with van der Waals surface area (Å²) in [5.74, 6) is 0. The van der Waals surface area contributed by atoms with Crippen molar-refractivity contribution in [3.8, 4) is 0 Å². The molecule has 0 aliphatic heterocycles. The lowest BCUT2D eigenvalue weighted by Crippen LogP contribution is -2.13. The SMILES string of the molecule is CCOCCOCCOCCOCCOCC.CS(C)=O. The Kier molecular flexibility index (Phi) is 24.6. The van der Waals surface area contributed by atoms with Crippen LogP contribution in [-0.2, 0) is 34.5 Å². The largest absolute Gasteiger partial charge is 0.379 e. The summed E-state index contributed by atoms with van der Waals surface area (Å²) in [4.78, 5) is 0. The smallest absolute Gasteiger partial charge is 0.0701 e. The van der Waals surface area contributed by atoms with E-state index < -0.39 is 10.8 Å². The third-order valence-electron chi connectivity index (χ3n) is 1.90. The van der Waals surface area contributed by atoms with E-state index in [1.165, 1.54) is 0 Å². The molecule has 0 aliphatic rings. The van der Waals surface area contributed by atoms with Gasteiger partial charge in [0.05, 0.1) is 52.9 Å². The molecule has 0 atom stereocenters. The van der Waals surface area contributed by atoms with Crippen molar-refractivity contribution in [1.82, 2.24) is 0 Å². The highest BCUT2D eigenvalue weighted by Crippen LogP contribution is 1.83. The molecule has 0 aliphatic carbocycles. The first-order chi connectivity index (χ1) is 10.1. The molecule has 0 amide bonds. The first kappa shape index (κ1) is 23.2. The van der Waals surface area contributed by atoms with Gasteiger partial charge in [-0.3, -0.25) is 4.21 Å². The van der Waals surface area contributed by atoms with Gasteiger partial charge >= 0.3 is 0 Å². The molecule has 21 heavy (non-hydrogen) atoms. The molecule has 0 aromatic carbocycles. The van der Waals surface area contributed by atoms with Crippen molar-refractivity contribution < 1.29 is 27.9 Å². The molecule has 0 spiro atoms. The lowest BCUT2D eigenvalue weighted by atomic mass is 10.7. The summed E-state index contributed by atoms with van der Waals surface area (Å²) in [6.07, 6.45) is 3.28. The van der Waals surface area contributed by atoms with Crippen LogP contribution in [-0.4, -0.2) is 82.8 Å². The van der Waals surface area contributed by atoms with Gasteiger partial charge in [-0.2, -0.15) is 0 Å². The lowest BCUT2D eigenvalue weighted by Gasteiger charge is -2.06. The first-order valence-electron chi connectivity index (χ1n) is 7.28. The highest BCUT2D eigenvalue weighted by Gasteiger charge is 1.92. The van der Waals surface area contributed by atoms with E-state index in [1.807, 2.05) is 13.8 Å². The van der Waals surface area contributed by atoms with Crippen molar-refractivity contribution in [2.45, 2.75) is 13.8 Å². The van der Waals surface area contributed by atoms with E-state index in [1.54, 1.807) is 12.5 Å². The van der Waals surface area contributed by atoms with Crippen LogP contribution in [0.1, 0.15) is 13.8 Å². The maximum absolute atomic E-state index is 9.56. The summed E-state index contributed by atoms with van der Waals surface area (Å²) in [6, 6.07) is 0. The lowest BCUT2D eigenvalue weighted by molar-refractivity contribution is -0.00934. The van der Waals surface area contributed by atoms with Crippen molar-refractivity contribution in [3.63, 3.8) is 0 Å². The summed E-state index contributed by atoms with van der Waals surface area (Å²) in [5.41, 5.74) is 0. The standard InChI is InChI=1S/C12H26O5.C2H6OS/c1-3-13-5-7-15-9-11-17-12-10-16-8-6-14-4-2;1-4(2)3/h3-12H2,1-2H3;1-2H3. The average Bonchev–Trinajstić information content (AvgIpc) is 2.43. The van der Waals surface area contributed by atoms with Gasteiger partial charge in [0.25, 0.3) is 0 Å². The monoisotopic (exact) mass is 328 g/mol. The molecule has 0 aromatic rings. The predicted molar refractivity (Wildman–Crippen MR) is 85.4 cm³/mol. The molecule has 0 saturated carbocycles. The van der Waals surface area contributed by atoms with Crippen LogP contribution < -0.4 is 0 Å². The molecule has 0 N–H and O–H groups in total. The molecule has 0 aromatic heterocycles. The van der Waals surface area contributed by atoms with Crippen LogP contribution in [0.15, 0.2) is 0 Å². The molecule has 0 fully saturated rings. The molecule has 0 rings (SSSR count). The summed E-state index contributed by atoms with van der Waals surface area (Å²) < 4.78 is 35.7. The minimum Gasteiger partial charge on any atom is -0.379 e. The van der Waals surface area contributed by atoms with Gasteiger partial charge in [-0.1, -0.05) is 0 Å². The second-order valence-electron chi connectivity index (χ2n) is 3.97. The summed E-state index contributed by atoms with van der Waals surface area (Å²) in [6.45, 7) is 10.4. The Morgan fingerprint density at radius 3 is 0.952 bits per heavy atom. The van der Waals surface area contributed by atoms with E-state index in [4.69, 9.17) is 23.7 Å². The van der Waals surface area contributed by atoms with Gasteiger partial charge in [-0.15, -0.1) is 0 Å². The highest BCUT2D eigenvalue weighted by atomic mass is 32.2. The van der Waals surface area contributed by atoms with Crippen LogP contribution in [0, 0.1) is 0 Å². The third kappa shape index (κ3) is 33.0. The Labute approximate surface area is 131 Å². The molecule has 0 bridgehead atoms. The summed E-state index contributed by atoms with van der Waals surface area (Å²) >= 11 is 0. The topological polar surface area (TPSA) is 63.2 Å². The van der Waals surface area contributed by atoms with Gasteiger partial charge < -0.3 is 23.7 Å². The van der Waals surface area contributed by atoms with Crippen molar-refractivity contribution in [1.29, 1.82) is 0 Å². The number of hydrogen-bond acceptors (Lipinski definition) is 6. The fourth-order valence-electron chi connectivity index (χ4n) is 1.07. The van der Waals surface area contributed by atoms with E-state index >= 15 is 0 Å². The maximum atomic E-state index is 9.56. The minimum absolute atomic E-state index is 0.598. The van der Waals surface area contributed by atoms with Crippen molar-refractivity contribution in [2.75, 3.05) is 78.6 Å². The molecule has 0 radical (unpaired) electrons. The van der Waals surface area contributed by atoms with Gasteiger partial charge in [0.1, 0.15) is 0 Å². The zero-order valence-electron chi connectivity index (χ0n) is 13.9. The van der Waals surface area contributed by atoms with Crippen LogP contribution in [0.25, 0.3) is 0 Å². The van der Waals surface area contributed by atoms with E-state index in [0.29, 0.717) is 52.9 Å². The molecular formula is C14H32O6S. The van der Waals surface area contributed by atoms with Gasteiger partial charge in [0, 0.05) is 36.5 Å². The van der Waals surface area contributed by atoms with E-state index in [9.17, 15) is 4.21 Å². The van der Waals surface area contributed by atoms with Crippen molar-refractivity contribution in [3.05, 3.63) is 0 Å². The minimum atomic E-state index is -0.611. The van der Waals surface area contributed by atoms with Crippen LogP contribution in [0.2, 0.25) is 0 Å². The Morgan fingerprint density at radius 1 is 0.571 bits per heavy atom. The molecular weight excluding hydrogens is 296 g/mol. The zero-order valence-corrected chi connectivity index (χ0v) is 14.7. The van der Waals surface area contributed by atoms with Gasteiger partial charge in [0.2, 0.25) is 0 Å². The Hall–Kier alpha value is -0.0500. The van der Waals surface area contributed by atoms with Gasteiger partial charge in [-0.25, -0.2) is 0 Å². The predicted octanol–water partition coefficient (Wildman–Crippen LogP) is 1.10. The van der Waals surface area contributed by atoms with E-state index in [0.717, 1.165) is 13.2 Å². The van der Waals surface area contributed by atoms with Gasteiger partial charge in [0.15, 0.2) is 0 Å². The Morgan fingerprint density at radius 2 is 0.762 bits per heavy atom. The first-order valence-corrected chi connectivity index (χ1v) is 9.25. The van der Waals surface area contributed by atoms with Crippen LogP contribution in [0.4, 0.5) is 0 Å². The van der Waals surface area contributed by atoms with E-state index in [2.05, 4.69) is 0 Å². The average molecular weight is 328 g/mol. The van der Waals surface area contributed by atoms with Crippen LogP contribution in [0.3, 0.4) is 0 Å². The molecule has 0 unspecified atom stereocenters. The highest BCUT2D eigenvalue weighted by molar-refractivity contribution is 7.83. The summed E-state index contributed by atoms with van der Waals surface area (Å²) in [7, 11) is -0.611. The fraction of sp³-hybridized carbons (Fsp3) is 1.00. The molecule has 0 heterocycles. The van der Waals surface area contributed by atoms with Gasteiger partial charge in [-0.05, 0) is 13.8 Å². The maximum Gasteiger partial charge on any atom is 0.0701 e. The zero-order chi connectivity index (χ0) is 16.2. The third-order valence-corrected chi connectivity index (χ3v) is 1.90. The van der Waals surface area contributed by atoms with Crippen LogP contribution in [0.5, 0.6) is 0 Å². The second kappa shape index (κ2) is 22.2. The number of rotatable bonds is 14. The van der Waals surface area contributed by atoms with Crippen LogP contribution >= 0.6 is 0 Å². The molecule has 0 saturated heterocycles. The Bertz CT molecular complexity index is 186. The second-order valence-corrected chi connectivity index (χ2v) is 5.46. The Balaban J connectivity index is 0. The molecule has 7 heteroatoms. The van der Waals surface area contributed by atoms with Crippen molar-refractivity contribution >= 4 is 10.8 Å². The molecule has 130 valence electrons. The molecule has 6 nitrogen and oxygen atoms in total.